The summed E-state index contributed by atoms with van der Waals surface area (Å²) in [5.41, 5.74) is 1.33. The number of hydrogen-bond donors (Lipinski definition) is 0. The van der Waals surface area contributed by atoms with Crippen molar-refractivity contribution in [2.24, 2.45) is 5.92 Å². The van der Waals surface area contributed by atoms with Gasteiger partial charge in [0.05, 0.1) is 0 Å². The van der Waals surface area contributed by atoms with Crippen molar-refractivity contribution in [2.75, 3.05) is 12.1 Å². The van der Waals surface area contributed by atoms with Gasteiger partial charge in [0.25, 0.3) is 0 Å². The zero-order valence-electron chi connectivity index (χ0n) is 9.70. The molecule has 1 unspecified atom stereocenters. The van der Waals surface area contributed by atoms with E-state index in [0.717, 1.165) is 16.8 Å². The molecule has 16 heavy (non-hydrogen) atoms. The summed E-state index contributed by atoms with van der Waals surface area (Å²) >= 11 is 3.59. The van der Waals surface area contributed by atoms with Crippen molar-refractivity contribution in [1.82, 2.24) is 0 Å². The SMILES string of the molecule is CC(C)CC(CBr)c1ccc2c(c1)OCO2. The molecule has 1 atom stereocenters. The third-order valence-electron chi connectivity index (χ3n) is 2.81. The highest BCUT2D eigenvalue weighted by atomic mass is 79.9. The molecular weight excluding hydrogens is 268 g/mol. The highest BCUT2D eigenvalue weighted by molar-refractivity contribution is 9.09. The summed E-state index contributed by atoms with van der Waals surface area (Å²) in [7, 11) is 0. The molecule has 0 N–H and O–H groups in total. The van der Waals surface area contributed by atoms with E-state index < -0.39 is 0 Å². The number of hydrogen-bond acceptors (Lipinski definition) is 2. The summed E-state index contributed by atoms with van der Waals surface area (Å²) in [6, 6.07) is 6.26. The summed E-state index contributed by atoms with van der Waals surface area (Å²) < 4.78 is 10.7. The van der Waals surface area contributed by atoms with Gasteiger partial charge >= 0.3 is 0 Å². The summed E-state index contributed by atoms with van der Waals surface area (Å²) in [5, 5.41) is 0.991. The minimum absolute atomic E-state index is 0.349. The molecular formula is C13H17BrO2. The molecule has 0 amide bonds. The van der Waals surface area contributed by atoms with Crippen LogP contribution in [0.5, 0.6) is 11.5 Å². The van der Waals surface area contributed by atoms with Crippen LogP contribution in [0, 0.1) is 5.92 Å². The van der Waals surface area contributed by atoms with E-state index in [1.807, 2.05) is 6.07 Å². The molecule has 88 valence electrons. The van der Waals surface area contributed by atoms with E-state index in [0.29, 0.717) is 18.6 Å². The van der Waals surface area contributed by atoms with Crippen molar-refractivity contribution in [3.05, 3.63) is 23.8 Å². The van der Waals surface area contributed by atoms with Gasteiger partial charge < -0.3 is 9.47 Å². The lowest BCUT2D eigenvalue weighted by Gasteiger charge is -2.17. The molecule has 1 aromatic rings. The van der Waals surface area contributed by atoms with Crippen LogP contribution in [0.3, 0.4) is 0 Å². The van der Waals surface area contributed by atoms with Crippen LogP contribution >= 0.6 is 15.9 Å². The van der Waals surface area contributed by atoms with Crippen molar-refractivity contribution in [2.45, 2.75) is 26.2 Å². The first kappa shape index (κ1) is 11.8. The Hall–Kier alpha value is -0.700. The average molecular weight is 285 g/mol. The van der Waals surface area contributed by atoms with Gasteiger partial charge in [0, 0.05) is 5.33 Å². The van der Waals surface area contributed by atoms with Crippen LogP contribution in [0.1, 0.15) is 31.7 Å². The topological polar surface area (TPSA) is 18.5 Å². The Balaban J connectivity index is 2.18. The molecule has 1 aliphatic heterocycles. The van der Waals surface area contributed by atoms with Gasteiger partial charge in [-0.1, -0.05) is 35.8 Å². The first-order valence-electron chi connectivity index (χ1n) is 5.66. The zero-order chi connectivity index (χ0) is 11.5. The van der Waals surface area contributed by atoms with Crippen LogP contribution in [0.4, 0.5) is 0 Å². The van der Waals surface area contributed by atoms with Gasteiger partial charge in [-0.25, -0.2) is 0 Å². The molecule has 1 aromatic carbocycles. The van der Waals surface area contributed by atoms with Gasteiger partial charge in [-0.05, 0) is 36.0 Å². The number of rotatable bonds is 4. The molecule has 2 nitrogen and oxygen atoms in total. The standard InChI is InChI=1S/C13H17BrO2/c1-9(2)5-11(7-14)10-3-4-12-13(6-10)16-8-15-12/h3-4,6,9,11H,5,7-8H2,1-2H3. The van der Waals surface area contributed by atoms with Crippen molar-refractivity contribution in [3.8, 4) is 11.5 Å². The van der Waals surface area contributed by atoms with Gasteiger partial charge in [-0.2, -0.15) is 0 Å². The lowest BCUT2D eigenvalue weighted by atomic mass is 9.92. The van der Waals surface area contributed by atoms with Crippen LogP contribution in [-0.2, 0) is 0 Å². The molecule has 1 aliphatic rings. The van der Waals surface area contributed by atoms with Gasteiger partial charge in [0.1, 0.15) is 0 Å². The average Bonchev–Trinajstić information content (AvgIpc) is 2.72. The minimum atomic E-state index is 0.349. The minimum Gasteiger partial charge on any atom is -0.454 e. The summed E-state index contributed by atoms with van der Waals surface area (Å²) in [6.07, 6.45) is 1.19. The highest BCUT2D eigenvalue weighted by Crippen LogP contribution is 2.36. The van der Waals surface area contributed by atoms with Crippen LogP contribution < -0.4 is 9.47 Å². The molecule has 0 bridgehead atoms. The van der Waals surface area contributed by atoms with E-state index in [-0.39, 0.29) is 0 Å². The Bertz CT molecular complexity index is 363. The Labute approximate surface area is 105 Å². The fourth-order valence-corrected chi connectivity index (χ4v) is 2.66. The molecule has 0 fully saturated rings. The van der Waals surface area contributed by atoms with Crippen LogP contribution in [0.2, 0.25) is 0 Å². The largest absolute Gasteiger partial charge is 0.454 e. The van der Waals surface area contributed by atoms with E-state index in [1.54, 1.807) is 0 Å². The van der Waals surface area contributed by atoms with E-state index in [1.165, 1.54) is 12.0 Å². The predicted molar refractivity (Wildman–Crippen MR) is 68.6 cm³/mol. The van der Waals surface area contributed by atoms with Crippen LogP contribution in [0.15, 0.2) is 18.2 Å². The van der Waals surface area contributed by atoms with Gasteiger partial charge in [0.15, 0.2) is 11.5 Å². The third kappa shape index (κ3) is 2.51. The molecule has 0 aliphatic carbocycles. The van der Waals surface area contributed by atoms with E-state index in [9.17, 15) is 0 Å². The molecule has 2 rings (SSSR count). The van der Waals surface area contributed by atoms with Gasteiger partial charge in [0.2, 0.25) is 6.79 Å². The maximum absolute atomic E-state index is 5.40. The summed E-state index contributed by atoms with van der Waals surface area (Å²) in [6.45, 7) is 4.85. The number of halogens is 1. The molecule has 0 spiro atoms. The fourth-order valence-electron chi connectivity index (χ4n) is 2.02. The molecule has 3 heteroatoms. The second kappa shape index (κ2) is 5.09. The van der Waals surface area contributed by atoms with Gasteiger partial charge in [-0.15, -0.1) is 0 Å². The van der Waals surface area contributed by atoms with Crippen LogP contribution in [-0.4, -0.2) is 12.1 Å². The monoisotopic (exact) mass is 284 g/mol. The molecule has 0 radical (unpaired) electrons. The molecule has 0 saturated carbocycles. The smallest absolute Gasteiger partial charge is 0.231 e. The van der Waals surface area contributed by atoms with E-state index in [4.69, 9.17) is 9.47 Å². The normalized spacial score (nSPS) is 15.5. The molecule has 0 aromatic heterocycles. The fraction of sp³-hybridized carbons (Fsp3) is 0.538. The Kier molecular flexibility index (Phi) is 3.74. The molecule has 0 saturated heterocycles. The maximum atomic E-state index is 5.40. The van der Waals surface area contributed by atoms with E-state index in [2.05, 4.69) is 41.9 Å². The first-order valence-corrected chi connectivity index (χ1v) is 6.78. The zero-order valence-corrected chi connectivity index (χ0v) is 11.3. The predicted octanol–water partition coefficient (Wildman–Crippen LogP) is 3.94. The van der Waals surface area contributed by atoms with Crippen LogP contribution in [0.25, 0.3) is 0 Å². The highest BCUT2D eigenvalue weighted by Gasteiger charge is 2.18. The Morgan fingerprint density at radius 3 is 2.69 bits per heavy atom. The first-order chi connectivity index (χ1) is 7.70. The second-order valence-electron chi connectivity index (χ2n) is 4.59. The lowest BCUT2D eigenvalue weighted by molar-refractivity contribution is 0.174. The lowest BCUT2D eigenvalue weighted by Crippen LogP contribution is -2.04. The third-order valence-corrected chi connectivity index (χ3v) is 3.59. The van der Waals surface area contributed by atoms with E-state index >= 15 is 0 Å². The molecule has 1 heterocycles. The van der Waals surface area contributed by atoms with Crippen molar-refractivity contribution in [3.63, 3.8) is 0 Å². The maximum Gasteiger partial charge on any atom is 0.231 e. The van der Waals surface area contributed by atoms with Gasteiger partial charge in [-0.3, -0.25) is 0 Å². The second-order valence-corrected chi connectivity index (χ2v) is 5.24. The number of alkyl halides is 1. The summed E-state index contributed by atoms with van der Waals surface area (Å²) in [5.74, 6) is 3.00. The summed E-state index contributed by atoms with van der Waals surface area (Å²) in [4.78, 5) is 0. The van der Waals surface area contributed by atoms with Crippen molar-refractivity contribution in [1.29, 1.82) is 0 Å². The van der Waals surface area contributed by atoms with Crippen molar-refractivity contribution >= 4 is 15.9 Å². The number of ether oxygens (including phenoxy) is 2. The number of fused-ring (bicyclic) bond motifs is 1. The quantitative estimate of drug-likeness (QED) is 0.780. The van der Waals surface area contributed by atoms with Crippen molar-refractivity contribution < 1.29 is 9.47 Å². The number of benzene rings is 1. The Morgan fingerprint density at radius 1 is 1.25 bits per heavy atom. The Morgan fingerprint density at radius 2 is 2.00 bits per heavy atom.